The van der Waals surface area contributed by atoms with Crippen LogP contribution in [0.2, 0.25) is 10.0 Å². The zero-order chi connectivity index (χ0) is 22.8. The summed E-state index contributed by atoms with van der Waals surface area (Å²) in [4.78, 5) is 30.6. The maximum absolute atomic E-state index is 12.5. The summed E-state index contributed by atoms with van der Waals surface area (Å²) in [5.41, 5.74) is 4.61. The number of hydrogen-bond donors (Lipinski definition) is 0. The van der Waals surface area contributed by atoms with Crippen molar-refractivity contribution in [2.75, 3.05) is 20.2 Å². The summed E-state index contributed by atoms with van der Waals surface area (Å²) in [6.07, 6.45) is 5.61. The fourth-order valence-corrected chi connectivity index (χ4v) is 6.01. The first-order valence-corrected chi connectivity index (χ1v) is 12.4. The van der Waals surface area contributed by atoms with Crippen LogP contribution in [0.25, 0.3) is 0 Å². The van der Waals surface area contributed by atoms with Crippen LogP contribution in [0.5, 0.6) is 0 Å². The van der Waals surface area contributed by atoms with Gasteiger partial charge in [0, 0.05) is 46.1 Å². The molecule has 0 saturated carbocycles. The summed E-state index contributed by atoms with van der Waals surface area (Å²) >= 11 is 16.7. The van der Waals surface area contributed by atoms with E-state index < -0.39 is 0 Å². The van der Waals surface area contributed by atoms with Crippen molar-refractivity contribution < 1.29 is 14.3 Å². The number of aromatic nitrogens is 1. The first-order chi connectivity index (χ1) is 15.4. The van der Waals surface area contributed by atoms with Crippen LogP contribution in [0, 0.1) is 5.92 Å². The number of nitrogens with zero attached hydrogens (tertiary/aromatic N) is 2. The number of pyridine rings is 1. The second kappa shape index (κ2) is 10.1. The lowest BCUT2D eigenvalue weighted by Gasteiger charge is -2.37. The smallest absolute Gasteiger partial charge is 0.306 e. The Bertz CT molecular complexity index is 1040. The van der Waals surface area contributed by atoms with Gasteiger partial charge in [-0.15, -0.1) is 0 Å². The zero-order valence-electron chi connectivity index (χ0n) is 17.9. The third kappa shape index (κ3) is 4.97. The van der Waals surface area contributed by atoms with Crippen molar-refractivity contribution in [3.05, 3.63) is 61.3 Å². The number of methoxy groups -OCH3 is 1. The van der Waals surface area contributed by atoms with E-state index in [1.165, 1.54) is 18.2 Å². The van der Waals surface area contributed by atoms with Gasteiger partial charge in [0.15, 0.2) is 0 Å². The molecule has 2 aliphatic rings. The lowest BCUT2D eigenvalue weighted by Crippen LogP contribution is -2.40. The highest BCUT2D eigenvalue weighted by molar-refractivity contribution is 9.10. The van der Waals surface area contributed by atoms with Crippen molar-refractivity contribution in [2.24, 2.45) is 5.92 Å². The maximum Gasteiger partial charge on any atom is 0.306 e. The molecule has 4 rings (SSSR count). The number of fused-ring (bicyclic) bond motifs is 2. The van der Waals surface area contributed by atoms with Crippen molar-refractivity contribution in [2.45, 2.75) is 44.4 Å². The fourth-order valence-electron chi connectivity index (χ4n) is 4.98. The summed E-state index contributed by atoms with van der Waals surface area (Å²) in [6.45, 7) is 1.32. The number of benzene rings is 1. The standard InChI is InChI=1S/C24H25BrCl2N2O3/c1-32-21(31)5-4-20(30)29-8-6-14(7-9-29)23-22-15(11-18(26)12-19(22)27)2-3-16-10-17(25)13-28-24(16)23/h10-14,23H,2-9H2,1H3. The van der Waals surface area contributed by atoms with Gasteiger partial charge in [-0.2, -0.15) is 0 Å². The van der Waals surface area contributed by atoms with Gasteiger partial charge in [-0.3, -0.25) is 14.6 Å². The molecule has 5 nitrogen and oxygen atoms in total. The Labute approximate surface area is 206 Å². The van der Waals surface area contributed by atoms with Gasteiger partial charge >= 0.3 is 5.97 Å². The Hall–Kier alpha value is -1.63. The van der Waals surface area contributed by atoms with E-state index >= 15 is 0 Å². The number of ether oxygens (including phenoxy) is 1. The van der Waals surface area contributed by atoms with Gasteiger partial charge in [0.05, 0.1) is 19.2 Å². The molecule has 32 heavy (non-hydrogen) atoms. The van der Waals surface area contributed by atoms with E-state index in [0.29, 0.717) is 29.1 Å². The number of likely N-dealkylation sites (tertiary alicyclic amines) is 1. The third-order valence-electron chi connectivity index (χ3n) is 6.55. The molecule has 8 heteroatoms. The maximum atomic E-state index is 12.5. The molecular weight excluding hydrogens is 515 g/mol. The molecule has 1 atom stereocenters. The highest BCUT2D eigenvalue weighted by Crippen LogP contribution is 2.46. The van der Waals surface area contributed by atoms with Gasteiger partial charge in [0.2, 0.25) is 5.91 Å². The molecule has 1 unspecified atom stereocenters. The van der Waals surface area contributed by atoms with E-state index in [-0.39, 0.29) is 30.6 Å². The molecule has 1 aromatic carbocycles. The quantitative estimate of drug-likeness (QED) is 0.476. The second-order valence-corrected chi connectivity index (χ2v) is 10.2. The molecule has 1 fully saturated rings. The van der Waals surface area contributed by atoms with Crippen LogP contribution < -0.4 is 0 Å². The minimum atomic E-state index is -0.356. The first-order valence-electron chi connectivity index (χ1n) is 10.8. The summed E-state index contributed by atoms with van der Waals surface area (Å²) in [5, 5.41) is 1.34. The molecule has 0 bridgehead atoms. The van der Waals surface area contributed by atoms with Gasteiger partial charge < -0.3 is 9.64 Å². The van der Waals surface area contributed by atoms with Crippen LogP contribution in [0.4, 0.5) is 0 Å². The number of amides is 1. The van der Waals surface area contributed by atoms with Gasteiger partial charge in [0.1, 0.15) is 0 Å². The first kappa shape index (κ1) is 23.5. The normalized spacial score (nSPS) is 18.5. The van der Waals surface area contributed by atoms with Crippen molar-refractivity contribution >= 4 is 51.0 Å². The van der Waals surface area contributed by atoms with Crippen LogP contribution >= 0.6 is 39.1 Å². The monoisotopic (exact) mass is 538 g/mol. The van der Waals surface area contributed by atoms with Crippen LogP contribution in [0.3, 0.4) is 0 Å². The highest BCUT2D eigenvalue weighted by Gasteiger charge is 2.36. The molecule has 0 spiro atoms. The molecule has 0 N–H and O–H groups in total. The van der Waals surface area contributed by atoms with E-state index in [9.17, 15) is 9.59 Å². The van der Waals surface area contributed by atoms with Gasteiger partial charge in [-0.1, -0.05) is 23.2 Å². The van der Waals surface area contributed by atoms with E-state index in [1.54, 1.807) is 0 Å². The molecular formula is C24H25BrCl2N2O3. The Morgan fingerprint density at radius 1 is 1.12 bits per heavy atom. The number of esters is 1. The second-order valence-electron chi connectivity index (χ2n) is 8.43. The van der Waals surface area contributed by atoms with Crippen molar-refractivity contribution in [3.8, 4) is 0 Å². The summed E-state index contributed by atoms with van der Waals surface area (Å²) in [7, 11) is 1.34. The average molecular weight is 540 g/mol. The van der Waals surface area contributed by atoms with Crippen LogP contribution in [-0.4, -0.2) is 42.0 Å². The topological polar surface area (TPSA) is 59.5 Å². The lowest BCUT2D eigenvalue weighted by molar-refractivity contribution is -0.144. The number of hydrogen-bond acceptors (Lipinski definition) is 4. The zero-order valence-corrected chi connectivity index (χ0v) is 21.0. The van der Waals surface area contributed by atoms with E-state index in [0.717, 1.165) is 41.4 Å². The predicted molar refractivity (Wildman–Crippen MR) is 128 cm³/mol. The third-order valence-corrected chi connectivity index (χ3v) is 7.52. The van der Waals surface area contributed by atoms with E-state index in [1.807, 2.05) is 23.2 Å². The number of halogens is 3. The molecule has 2 heterocycles. The fraction of sp³-hybridized carbons (Fsp3) is 0.458. The molecule has 1 aliphatic heterocycles. The minimum absolute atomic E-state index is 0.00221. The molecule has 170 valence electrons. The van der Waals surface area contributed by atoms with E-state index in [2.05, 4.69) is 26.7 Å². The van der Waals surface area contributed by atoms with Crippen LogP contribution in [0.1, 0.15) is 54.0 Å². The highest BCUT2D eigenvalue weighted by atomic mass is 79.9. The van der Waals surface area contributed by atoms with Crippen molar-refractivity contribution in [1.82, 2.24) is 9.88 Å². The number of aryl methyl sites for hydroxylation is 2. The van der Waals surface area contributed by atoms with E-state index in [4.69, 9.17) is 28.2 Å². The molecule has 1 saturated heterocycles. The number of carbonyl (C=O) groups is 2. The van der Waals surface area contributed by atoms with Gasteiger partial charge in [0.25, 0.3) is 0 Å². The largest absolute Gasteiger partial charge is 0.469 e. The van der Waals surface area contributed by atoms with Crippen molar-refractivity contribution in [1.29, 1.82) is 0 Å². The Morgan fingerprint density at radius 3 is 2.56 bits per heavy atom. The average Bonchev–Trinajstić information content (AvgIpc) is 2.94. The summed E-state index contributed by atoms with van der Waals surface area (Å²) in [6, 6.07) is 6.01. The van der Waals surface area contributed by atoms with Gasteiger partial charge in [-0.05, 0) is 82.4 Å². The molecule has 1 aromatic heterocycles. The molecule has 1 amide bonds. The predicted octanol–water partition coefficient (Wildman–Crippen LogP) is 5.57. The minimum Gasteiger partial charge on any atom is -0.469 e. The molecule has 0 radical (unpaired) electrons. The van der Waals surface area contributed by atoms with Crippen LogP contribution in [0.15, 0.2) is 28.9 Å². The van der Waals surface area contributed by atoms with Crippen LogP contribution in [-0.2, 0) is 27.2 Å². The number of rotatable bonds is 4. The number of carbonyl (C=O) groups excluding carboxylic acids is 2. The summed E-state index contributed by atoms with van der Waals surface area (Å²) < 4.78 is 5.62. The van der Waals surface area contributed by atoms with Crippen molar-refractivity contribution in [3.63, 3.8) is 0 Å². The Balaban J connectivity index is 1.60. The number of piperidine rings is 1. The summed E-state index contributed by atoms with van der Waals surface area (Å²) in [5.74, 6) is 0.0168. The Kier molecular flexibility index (Phi) is 7.43. The lowest BCUT2D eigenvalue weighted by atomic mass is 9.76. The SMILES string of the molecule is COC(=O)CCC(=O)N1CCC(C2c3ncc(Br)cc3CCc3cc(Cl)cc(Cl)c32)CC1. The molecule has 2 aromatic rings. The van der Waals surface area contributed by atoms with Gasteiger partial charge in [-0.25, -0.2) is 0 Å². The molecule has 1 aliphatic carbocycles. The Morgan fingerprint density at radius 2 is 1.84 bits per heavy atom.